The summed E-state index contributed by atoms with van der Waals surface area (Å²) in [6, 6.07) is 3.74. The van der Waals surface area contributed by atoms with Crippen molar-refractivity contribution in [3.05, 3.63) is 22.2 Å². The zero-order valence-electron chi connectivity index (χ0n) is 19.6. The third-order valence-electron chi connectivity index (χ3n) is 7.36. The number of carbonyl (C=O) groups excluding carboxylic acids is 2. The van der Waals surface area contributed by atoms with E-state index in [1.807, 2.05) is 17.9 Å². The molecule has 0 aliphatic carbocycles. The average molecular weight is 541 g/mol. The van der Waals surface area contributed by atoms with E-state index in [0.29, 0.717) is 42.5 Å². The Morgan fingerprint density at radius 3 is 2.58 bits per heavy atom. The number of likely N-dealkylation sites (tertiary alicyclic amines) is 1. The second-order valence-electron chi connectivity index (χ2n) is 9.35. The Morgan fingerprint density at radius 1 is 1.06 bits per heavy atom. The lowest BCUT2D eigenvalue weighted by Crippen LogP contribution is -2.50. The Kier molecular flexibility index (Phi) is 7.50. The lowest BCUT2D eigenvalue weighted by atomic mass is 9.93. The number of amides is 2. The molecule has 9 heteroatoms. The first-order valence-electron chi connectivity index (χ1n) is 12.2. The van der Waals surface area contributed by atoms with E-state index in [4.69, 9.17) is 0 Å². The van der Waals surface area contributed by atoms with Crippen molar-refractivity contribution < 1.29 is 18.0 Å². The largest absolute Gasteiger partial charge is 0.339 e. The number of halogens is 1. The number of carbonyl (C=O) groups is 2. The summed E-state index contributed by atoms with van der Waals surface area (Å²) in [6.45, 7) is 5.91. The van der Waals surface area contributed by atoms with Crippen molar-refractivity contribution in [3.63, 3.8) is 0 Å². The number of rotatable bonds is 5. The molecular weight excluding hydrogens is 506 g/mol. The molecule has 0 spiro atoms. The molecule has 0 saturated carbocycles. The van der Waals surface area contributed by atoms with Gasteiger partial charge >= 0.3 is 0 Å². The van der Waals surface area contributed by atoms with Crippen LogP contribution >= 0.6 is 15.9 Å². The van der Waals surface area contributed by atoms with Gasteiger partial charge in [-0.05, 0) is 78.6 Å². The highest BCUT2D eigenvalue weighted by Crippen LogP contribution is 2.38. The minimum Gasteiger partial charge on any atom is -0.339 e. The molecule has 3 aliphatic heterocycles. The van der Waals surface area contributed by atoms with Gasteiger partial charge in [0.05, 0.1) is 10.8 Å². The fourth-order valence-electron chi connectivity index (χ4n) is 5.49. The maximum absolute atomic E-state index is 13.7. The standard InChI is InChI=1S/C24H34BrN3O4S/c1-3-19-9-5-6-12-27(19)24(30)18-8-7-11-26(16-18)33(31,32)22-15-21-17(14-20(22)25)10-13-28(21)23(29)4-2/h14-15,18-19H,3-13,16H2,1-2H3/t18-,19+/m1/s1. The molecule has 1 aromatic carbocycles. The number of sulfonamides is 1. The van der Waals surface area contributed by atoms with E-state index in [1.165, 1.54) is 4.31 Å². The first-order chi connectivity index (χ1) is 15.8. The molecule has 182 valence electrons. The third-order valence-corrected chi connectivity index (χ3v) is 10.2. The van der Waals surface area contributed by atoms with Crippen LogP contribution in [0.4, 0.5) is 5.69 Å². The van der Waals surface area contributed by atoms with Crippen molar-refractivity contribution in [2.45, 2.75) is 76.2 Å². The predicted octanol–water partition coefficient (Wildman–Crippen LogP) is 3.94. The first kappa shape index (κ1) is 24.7. The lowest BCUT2D eigenvalue weighted by Gasteiger charge is -2.40. The zero-order chi connectivity index (χ0) is 23.8. The van der Waals surface area contributed by atoms with E-state index in [9.17, 15) is 18.0 Å². The van der Waals surface area contributed by atoms with Crippen LogP contribution in [0, 0.1) is 5.92 Å². The van der Waals surface area contributed by atoms with Gasteiger partial charge in [0.1, 0.15) is 0 Å². The van der Waals surface area contributed by atoms with Crippen LogP contribution in [0.15, 0.2) is 21.5 Å². The smallest absolute Gasteiger partial charge is 0.244 e. The van der Waals surface area contributed by atoms with Crippen LogP contribution in [0.2, 0.25) is 0 Å². The SMILES string of the molecule is CCC(=O)N1CCc2cc(Br)c(S(=O)(=O)N3CCC[C@@H](C(=O)N4CCCC[C@@H]4CC)C3)cc21. The summed E-state index contributed by atoms with van der Waals surface area (Å²) in [4.78, 5) is 29.6. The maximum Gasteiger partial charge on any atom is 0.244 e. The summed E-state index contributed by atoms with van der Waals surface area (Å²) in [6.07, 6.45) is 6.63. The molecule has 1 aromatic rings. The number of piperidine rings is 2. The topological polar surface area (TPSA) is 78.0 Å². The van der Waals surface area contributed by atoms with Crippen LogP contribution in [0.25, 0.3) is 0 Å². The molecule has 0 aromatic heterocycles. The number of nitrogens with zero attached hydrogens (tertiary/aromatic N) is 3. The molecule has 3 aliphatic rings. The van der Waals surface area contributed by atoms with Crippen molar-refractivity contribution >= 4 is 43.5 Å². The highest BCUT2D eigenvalue weighted by molar-refractivity contribution is 9.10. The van der Waals surface area contributed by atoms with Crippen molar-refractivity contribution in [2.75, 3.05) is 31.1 Å². The lowest BCUT2D eigenvalue weighted by molar-refractivity contribution is -0.140. The van der Waals surface area contributed by atoms with E-state index in [1.54, 1.807) is 11.0 Å². The quantitative estimate of drug-likeness (QED) is 0.567. The van der Waals surface area contributed by atoms with Crippen LogP contribution in [-0.2, 0) is 26.0 Å². The fourth-order valence-corrected chi connectivity index (χ4v) is 8.08. The summed E-state index contributed by atoms with van der Waals surface area (Å²) < 4.78 is 29.4. The number of hydrogen-bond acceptors (Lipinski definition) is 4. The van der Waals surface area contributed by atoms with Gasteiger partial charge in [0.25, 0.3) is 0 Å². The van der Waals surface area contributed by atoms with Gasteiger partial charge in [0.15, 0.2) is 0 Å². The van der Waals surface area contributed by atoms with Crippen LogP contribution < -0.4 is 4.90 Å². The van der Waals surface area contributed by atoms with E-state index >= 15 is 0 Å². The molecule has 2 fully saturated rings. The van der Waals surface area contributed by atoms with Gasteiger partial charge in [-0.15, -0.1) is 0 Å². The number of benzene rings is 1. The molecule has 33 heavy (non-hydrogen) atoms. The number of hydrogen-bond donors (Lipinski definition) is 0. The van der Waals surface area contributed by atoms with Crippen LogP contribution in [0.3, 0.4) is 0 Å². The van der Waals surface area contributed by atoms with E-state index < -0.39 is 10.0 Å². The normalized spacial score (nSPS) is 24.1. The van der Waals surface area contributed by atoms with Crippen molar-refractivity contribution in [2.24, 2.45) is 5.92 Å². The van der Waals surface area contributed by atoms with Gasteiger partial charge in [-0.3, -0.25) is 9.59 Å². The maximum atomic E-state index is 13.7. The minimum absolute atomic E-state index is 0.00457. The van der Waals surface area contributed by atoms with Gasteiger partial charge in [-0.1, -0.05) is 13.8 Å². The Morgan fingerprint density at radius 2 is 1.85 bits per heavy atom. The monoisotopic (exact) mass is 539 g/mol. The summed E-state index contributed by atoms with van der Waals surface area (Å²) in [5, 5.41) is 0. The molecule has 3 heterocycles. The van der Waals surface area contributed by atoms with Gasteiger partial charge < -0.3 is 9.80 Å². The molecule has 0 radical (unpaired) electrons. The molecule has 0 unspecified atom stereocenters. The molecular formula is C24H34BrN3O4S. The summed E-state index contributed by atoms with van der Waals surface area (Å²) in [7, 11) is -3.81. The minimum atomic E-state index is -3.81. The Labute approximate surface area is 205 Å². The van der Waals surface area contributed by atoms with E-state index in [2.05, 4.69) is 22.9 Å². The Balaban J connectivity index is 1.58. The third kappa shape index (κ3) is 4.73. The second-order valence-corrected chi connectivity index (χ2v) is 12.1. The van der Waals surface area contributed by atoms with Gasteiger partial charge in [0.2, 0.25) is 21.8 Å². The summed E-state index contributed by atoms with van der Waals surface area (Å²) >= 11 is 3.47. The molecule has 0 N–H and O–H groups in total. The highest BCUT2D eigenvalue weighted by Gasteiger charge is 2.38. The van der Waals surface area contributed by atoms with Crippen molar-refractivity contribution in [1.82, 2.24) is 9.21 Å². The van der Waals surface area contributed by atoms with Crippen LogP contribution in [-0.4, -0.2) is 61.7 Å². The first-order valence-corrected chi connectivity index (χ1v) is 14.4. The van der Waals surface area contributed by atoms with Crippen molar-refractivity contribution in [1.29, 1.82) is 0 Å². The second kappa shape index (κ2) is 10.0. The van der Waals surface area contributed by atoms with E-state index in [0.717, 1.165) is 44.2 Å². The fraction of sp³-hybridized carbons (Fsp3) is 0.667. The predicted molar refractivity (Wildman–Crippen MR) is 132 cm³/mol. The van der Waals surface area contributed by atoms with Crippen LogP contribution in [0.1, 0.15) is 64.4 Å². The molecule has 4 rings (SSSR count). The molecule has 2 atom stereocenters. The number of fused-ring (bicyclic) bond motifs is 1. The molecule has 2 amide bonds. The zero-order valence-corrected chi connectivity index (χ0v) is 22.0. The Hall–Kier alpha value is -1.45. The van der Waals surface area contributed by atoms with Gasteiger partial charge in [-0.2, -0.15) is 4.31 Å². The molecule has 2 saturated heterocycles. The van der Waals surface area contributed by atoms with Gasteiger partial charge in [-0.25, -0.2) is 8.42 Å². The van der Waals surface area contributed by atoms with E-state index in [-0.39, 0.29) is 35.2 Å². The summed E-state index contributed by atoms with van der Waals surface area (Å²) in [5.74, 6) is -0.198. The van der Waals surface area contributed by atoms with Gasteiger partial charge in [0, 0.05) is 48.8 Å². The highest BCUT2D eigenvalue weighted by atomic mass is 79.9. The van der Waals surface area contributed by atoms with Crippen LogP contribution in [0.5, 0.6) is 0 Å². The molecule has 0 bridgehead atoms. The summed E-state index contributed by atoms with van der Waals surface area (Å²) in [5.41, 5.74) is 1.66. The average Bonchev–Trinajstić information content (AvgIpc) is 3.25. The number of anilines is 1. The molecule has 7 nitrogen and oxygen atoms in total. The Bertz CT molecular complexity index is 1030. The van der Waals surface area contributed by atoms with Crippen molar-refractivity contribution in [3.8, 4) is 0 Å².